The summed E-state index contributed by atoms with van der Waals surface area (Å²) in [5.74, 6) is -0.941. The Balaban J connectivity index is 2.02. The Bertz CT molecular complexity index is 1400. The highest BCUT2D eigenvalue weighted by Gasteiger charge is 2.32. The molecule has 0 radical (unpaired) electrons. The van der Waals surface area contributed by atoms with Crippen molar-refractivity contribution in [3.05, 3.63) is 93.4 Å². The lowest BCUT2D eigenvalue weighted by Gasteiger charge is -2.32. The van der Waals surface area contributed by atoms with Crippen molar-refractivity contribution in [1.82, 2.24) is 10.2 Å². The highest BCUT2D eigenvalue weighted by Crippen LogP contribution is 2.27. The van der Waals surface area contributed by atoms with Crippen molar-refractivity contribution in [2.45, 2.75) is 50.7 Å². The lowest BCUT2D eigenvalue weighted by Crippen LogP contribution is -2.52. The summed E-state index contributed by atoms with van der Waals surface area (Å²) in [7, 11) is -4.15. The zero-order valence-corrected chi connectivity index (χ0v) is 24.9. The molecule has 208 valence electrons. The topological polar surface area (TPSA) is 86.8 Å². The second-order valence-electron chi connectivity index (χ2n) is 9.07. The molecule has 39 heavy (non-hydrogen) atoms. The molecule has 0 bridgehead atoms. The van der Waals surface area contributed by atoms with Crippen LogP contribution >= 0.6 is 34.8 Å². The van der Waals surface area contributed by atoms with Gasteiger partial charge in [0.05, 0.1) is 20.6 Å². The zero-order chi connectivity index (χ0) is 28.7. The molecule has 2 amide bonds. The summed E-state index contributed by atoms with van der Waals surface area (Å²) in [5, 5.41) is 3.96. The Morgan fingerprint density at radius 1 is 0.897 bits per heavy atom. The molecule has 3 aromatic rings. The van der Waals surface area contributed by atoms with Crippen molar-refractivity contribution in [1.29, 1.82) is 0 Å². The summed E-state index contributed by atoms with van der Waals surface area (Å²) < 4.78 is 28.4. The van der Waals surface area contributed by atoms with E-state index in [0.29, 0.717) is 27.1 Å². The highest BCUT2D eigenvalue weighted by atomic mass is 35.5. The van der Waals surface area contributed by atoms with Crippen LogP contribution in [0.1, 0.15) is 32.8 Å². The molecule has 0 saturated carbocycles. The lowest BCUT2D eigenvalue weighted by molar-refractivity contribution is -0.139. The fraction of sp³-hybridized carbons (Fsp3) is 0.286. The minimum Gasteiger partial charge on any atom is -0.352 e. The molecule has 3 aromatic carbocycles. The van der Waals surface area contributed by atoms with Crippen LogP contribution in [0.25, 0.3) is 0 Å². The SMILES string of the molecule is CC[C@@H](C)NC(=O)[C@H](C)N(Cc1ccc(Cl)c(Cl)c1)C(=O)CN(c1ccc(Cl)cc1)S(=O)(=O)c1ccccc1. The molecule has 7 nitrogen and oxygen atoms in total. The van der Waals surface area contributed by atoms with Crippen LogP contribution in [-0.4, -0.2) is 43.8 Å². The van der Waals surface area contributed by atoms with Gasteiger partial charge < -0.3 is 10.2 Å². The molecule has 0 saturated heterocycles. The quantitative estimate of drug-likeness (QED) is 0.281. The van der Waals surface area contributed by atoms with Crippen LogP contribution in [0.2, 0.25) is 15.1 Å². The fourth-order valence-electron chi connectivity index (χ4n) is 3.74. The van der Waals surface area contributed by atoms with Crippen LogP contribution < -0.4 is 9.62 Å². The number of nitrogens with one attached hydrogen (secondary N) is 1. The summed E-state index contributed by atoms with van der Waals surface area (Å²) in [4.78, 5) is 28.3. The molecule has 0 aliphatic carbocycles. The van der Waals surface area contributed by atoms with Crippen molar-refractivity contribution < 1.29 is 18.0 Å². The van der Waals surface area contributed by atoms with E-state index in [0.717, 1.165) is 4.31 Å². The standard InChI is InChI=1S/C28H30Cl3N3O4S/c1-4-19(2)32-28(36)20(3)33(17-21-10-15-25(30)26(31)16-21)27(35)18-34(23-13-11-22(29)12-14-23)39(37,38)24-8-6-5-7-9-24/h5-16,19-20H,4,17-18H2,1-3H3,(H,32,36)/t19-,20+/m1/s1. The second-order valence-corrected chi connectivity index (χ2v) is 12.2. The Morgan fingerprint density at radius 3 is 2.13 bits per heavy atom. The molecule has 2 atom stereocenters. The third-order valence-electron chi connectivity index (χ3n) is 6.23. The van der Waals surface area contributed by atoms with Gasteiger partial charge >= 0.3 is 0 Å². The number of nitrogens with zero attached hydrogens (tertiary/aromatic N) is 2. The highest BCUT2D eigenvalue weighted by molar-refractivity contribution is 7.92. The average Bonchev–Trinajstić information content (AvgIpc) is 2.92. The maximum atomic E-state index is 13.9. The van der Waals surface area contributed by atoms with Gasteiger partial charge in [0.25, 0.3) is 10.0 Å². The Morgan fingerprint density at radius 2 is 1.54 bits per heavy atom. The molecule has 0 aliphatic rings. The summed E-state index contributed by atoms with van der Waals surface area (Å²) in [6.07, 6.45) is 0.707. The molecule has 0 spiro atoms. The summed E-state index contributed by atoms with van der Waals surface area (Å²) >= 11 is 18.3. The first-order valence-corrected chi connectivity index (χ1v) is 14.9. The molecule has 0 heterocycles. The van der Waals surface area contributed by atoms with Gasteiger partial charge in [0.15, 0.2) is 0 Å². The number of amides is 2. The van der Waals surface area contributed by atoms with Crippen molar-refractivity contribution in [3.8, 4) is 0 Å². The molecule has 11 heteroatoms. The smallest absolute Gasteiger partial charge is 0.264 e. The molecule has 0 fully saturated rings. The predicted octanol–water partition coefficient (Wildman–Crippen LogP) is 6.17. The van der Waals surface area contributed by atoms with Gasteiger partial charge in [0.2, 0.25) is 11.8 Å². The maximum Gasteiger partial charge on any atom is 0.264 e. The van der Waals surface area contributed by atoms with E-state index in [1.807, 2.05) is 13.8 Å². The van der Waals surface area contributed by atoms with Crippen LogP contribution in [0.4, 0.5) is 5.69 Å². The van der Waals surface area contributed by atoms with Gasteiger partial charge in [-0.15, -0.1) is 0 Å². The Labute approximate surface area is 244 Å². The molecular formula is C28H30Cl3N3O4S. The number of sulfonamides is 1. The molecule has 0 unspecified atom stereocenters. The third kappa shape index (κ3) is 7.88. The Hall–Kier alpha value is -2.78. The van der Waals surface area contributed by atoms with E-state index in [1.54, 1.807) is 55.5 Å². The first kappa shape index (κ1) is 30.8. The van der Waals surface area contributed by atoms with Crippen LogP contribution in [0.3, 0.4) is 0 Å². The third-order valence-corrected chi connectivity index (χ3v) is 9.01. The number of halogens is 3. The van der Waals surface area contributed by atoms with Crippen molar-refractivity contribution >= 4 is 62.3 Å². The monoisotopic (exact) mass is 609 g/mol. The second kappa shape index (κ2) is 13.5. The fourth-order valence-corrected chi connectivity index (χ4v) is 5.62. The van der Waals surface area contributed by atoms with E-state index in [2.05, 4.69) is 5.32 Å². The molecule has 1 N–H and O–H groups in total. The number of hydrogen-bond acceptors (Lipinski definition) is 4. The van der Waals surface area contributed by atoms with Crippen LogP contribution in [-0.2, 0) is 26.2 Å². The van der Waals surface area contributed by atoms with E-state index in [4.69, 9.17) is 34.8 Å². The van der Waals surface area contributed by atoms with Gasteiger partial charge in [0.1, 0.15) is 12.6 Å². The van der Waals surface area contributed by atoms with Crippen LogP contribution in [0.5, 0.6) is 0 Å². The number of benzene rings is 3. The molecular weight excluding hydrogens is 581 g/mol. The van der Waals surface area contributed by atoms with E-state index >= 15 is 0 Å². The Kier molecular flexibility index (Phi) is 10.7. The summed E-state index contributed by atoms with van der Waals surface area (Å²) in [6.45, 7) is 4.86. The van der Waals surface area contributed by atoms with E-state index in [-0.39, 0.29) is 29.1 Å². The maximum absolute atomic E-state index is 13.9. The van der Waals surface area contributed by atoms with Crippen molar-refractivity contribution in [2.75, 3.05) is 10.8 Å². The predicted molar refractivity (Wildman–Crippen MR) is 157 cm³/mol. The van der Waals surface area contributed by atoms with Gasteiger partial charge in [0, 0.05) is 17.6 Å². The zero-order valence-electron chi connectivity index (χ0n) is 21.8. The van der Waals surface area contributed by atoms with Gasteiger partial charge in [-0.1, -0.05) is 66.0 Å². The van der Waals surface area contributed by atoms with Gasteiger partial charge in [-0.2, -0.15) is 0 Å². The number of anilines is 1. The van der Waals surface area contributed by atoms with Crippen LogP contribution in [0.15, 0.2) is 77.7 Å². The van der Waals surface area contributed by atoms with E-state index in [9.17, 15) is 18.0 Å². The minimum atomic E-state index is -4.15. The van der Waals surface area contributed by atoms with Gasteiger partial charge in [-0.3, -0.25) is 13.9 Å². The average molecular weight is 611 g/mol. The van der Waals surface area contributed by atoms with E-state index < -0.39 is 28.5 Å². The van der Waals surface area contributed by atoms with Crippen molar-refractivity contribution in [2.24, 2.45) is 0 Å². The van der Waals surface area contributed by atoms with Gasteiger partial charge in [-0.05, 0) is 74.4 Å². The molecule has 3 rings (SSSR count). The normalized spacial score (nSPS) is 12.9. The van der Waals surface area contributed by atoms with Crippen LogP contribution in [0, 0.1) is 0 Å². The first-order valence-electron chi connectivity index (χ1n) is 12.3. The number of carbonyl (C=O) groups is 2. The lowest BCUT2D eigenvalue weighted by atomic mass is 10.1. The summed E-state index contributed by atoms with van der Waals surface area (Å²) in [6, 6.07) is 17.9. The first-order chi connectivity index (χ1) is 18.4. The molecule has 0 aromatic heterocycles. The number of hydrogen-bond donors (Lipinski definition) is 1. The van der Waals surface area contributed by atoms with Crippen molar-refractivity contribution in [3.63, 3.8) is 0 Å². The molecule has 0 aliphatic heterocycles. The van der Waals surface area contributed by atoms with E-state index in [1.165, 1.54) is 29.2 Å². The minimum absolute atomic E-state index is 0.00462. The summed E-state index contributed by atoms with van der Waals surface area (Å²) in [5.41, 5.74) is 0.882. The van der Waals surface area contributed by atoms with Gasteiger partial charge in [-0.25, -0.2) is 8.42 Å². The number of carbonyl (C=O) groups excluding carboxylic acids is 2. The largest absolute Gasteiger partial charge is 0.352 e. The number of rotatable bonds is 11.